The molecule has 0 radical (unpaired) electrons. The molecule has 1 fully saturated rings. The van der Waals surface area contributed by atoms with Crippen molar-refractivity contribution >= 4 is 11.8 Å². The first kappa shape index (κ1) is 15.6. The van der Waals surface area contributed by atoms with Crippen molar-refractivity contribution in [3.05, 3.63) is 47.7 Å². The number of anilines is 1. The van der Waals surface area contributed by atoms with Gasteiger partial charge in [-0.1, -0.05) is 35.5 Å². The van der Waals surface area contributed by atoms with Gasteiger partial charge in [0.25, 0.3) is 0 Å². The zero-order valence-electron chi connectivity index (χ0n) is 13.5. The summed E-state index contributed by atoms with van der Waals surface area (Å²) in [6.07, 6.45) is 0. The molecule has 1 N–H and O–H groups in total. The Kier molecular flexibility index (Phi) is 4.62. The van der Waals surface area contributed by atoms with Gasteiger partial charge in [0.1, 0.15) is 5.76 Å². The molecule has 0 spiro atoms. The van der Waals surface area contributed by atoms with Crippen LogP contribution in [0.15, 0.2) is 40.9 Å². The summed E-state index contributed by atoms with van der Waals surface area (Å²) >= 11 is 0. The van der Waals surface area contributed by atoms with Crippen LogP contribution in [-0.4, -0.2) is 47.2 Å². The highest BCUT2D eigenvalue weighted by Gasteiger charge is 2.25. The Morgan fingerprint density at radius 3 is 2.52 bits per heavy atom. The molecule has 1 unspecified atom stereocenters. The SMILES string of the molecule is Cc1cc(NC(=O)N2CCN(C(C)c3ccccc3)CC2)no1. The van der Waals surface area contributed by atoms with Crippen LogP contribution in [0, 0.1) is 6.92 Å². The number of urea groups is 1. The highest BCUT2D eigenvalue weighted by Crippen LogP contribution is 2.21. The lowest BCUT2D eigenvalue weighted by Gasteiger charge is -2.38. The van der Waals surface area contributed by atoms with Gasteiger partial charge in [0.2, 0.25) is 0 Å². The van der Waals surface area contributed by atoms with Crippen molar-refractivity contribution in [3.8, 4) is 0 Å². The topological polar surface area (TPSA) is 61.6 Å². The van der Waals surface area contributed by atoms with E-state index in [0.717, 1.165) is 13.1 Å². The van der Waals surface area contributed by atoms with E-state index in [4.69, 9.17) is 4.52 Å². The third kappa shape index (κ3) is 3.71. The number of hydrogen-bond donors (Lipinski definition) is 1. The molecule has 0 saturated carbocycles. The van der Waals surface area contributed by atoms with Gasteiger partial charge in [-0.25, -0.2) is 4.79 Å². The van der Waals surface area contributed by atoms with Gasteiger partial charge in [-0.3, -0.25) is 10.2 Å². The van der Waals surface area contributed by atoms with Gasteiger partial charge in [0, 0.05) is 38.3 Å². The molecule has 0 aliphatic carbocycles. The molecule has 1 aliphatic heterocycles. The second-order valence-corrected chi connectivity index (χ2v) is 5.86. The molecule has 1 aromatic heterocycles. The van der Waals surface area contributed by atoms with Gasteiger partial charge in [0.15, 0.2) is 5.82 Å². The van der Waals surface area contributed by atoms with Gasteiger partial charge in [0.05, 0.1) is 0 Å². The van der Waals surface area contributed by atoms with Crippen molar-refractivity contribution in [3.63, 3.8) is 0 Å². The Labute approximate surface area is 136 Å². The fourth-order valence-corrected chi connectivity index (χ4v) is 2.87. The second-order valence-electron chi connectivity index (χ2n) is 5.86. The number of nitrogens with one attached hydrogen (secondary N) is 1. The van der Waals surface area contributed by atoms with Crippen LogP contribution in [0.2, 0.25) is 0 Å². The lowest BCUT2D eigenvalue weighted by molar-refractivity contribution is 0.119. The highest BCUT2D eigenvalue weighted by molar-refractivity contribution is 5.88. The van der Waals surface area contributed by atoms with Crippen molar-refractivity contribution in [2.24, 2.45) is 0 Å². The number of amides is 2. The van der Waals surface area contributed by atoms with Crippen LogP contribution in [-0.2, 0) is 0 Å². The molecule has 3 rings (SSSR count). The lowest BCUT2D eigenvalue weighted by atomic mass is 10.1. The largest absolute Gasteiger partial charge is 0.360 e. The van der Waals surface area contributed by atoms with Crippen LogP contribution in [0.1, 0.15) is 24.3 Å². The maximum Gasteiger partial charge on any atom is 0.323 e. The van der Waals surface area contributed by atoms with Crippen LogP contribution in [0.3, 0.4) is 0 Å². The average Bonchev–Trinajstić information content (AvgIpc) is 3.00. The second kappa shape index (κ2) is 6.83. The molecule has 1 saturated heterocycles. The minimum absolute atomic E-state index is 0.120. The van der Waals surface area contributed by atoms with E-state index in [-0.39, 0.29) is 6.03 Å². The van der Waals surface area contributed by atoms with Crippen LogP contribution < -0.4 is 5.32 Å². The number of carbonyl (C=O) groups excluding carboxylic acids is 1. The van der Waals surface area contributed by atoms with E-state index >= 15 is 0 Å². The van der Waals surface area contributed by atoms with E-state index in [9.17, 15) is 4.79 Å². The summed E-state index contributed by atoms with van der Waals surface area (Å²) in [6.45, 7) is 7.15. The first-order chi connectivity index (χ1) is 11.1. The van der Waals surface area contributed by atoms with Gasteiger partial charge in [-0.15, -0.1) is 0 Å². The van der Waals surface area contributed by atoms with Crippen molar-refractivity contribution in [1.82, 2.24) is 15.0 Å². The molecule has 2 amide bonds. The Bertz CT molecular complexity index is 648. The molecular weight excluding hydrogens is 292 g/mol. The number of carbonyl (C=O) groups is 1. The summed E-state index contributed by atoms with van der Waals surface area (Å²) in [5.41, 5.74) is 1.31. The number of piperazine rings is 1. The number of nitrogens with zero attached hydrogens (tertiary/aromatic N) is 3. The van der Waals surface area contributed by atoms with Gasteiger partial charge < -0.3 is 9.42 Å². The third-order valence-electron chi connectivity index (χ3n) is 4.29. The third-order valence-corrected chi connectivity index (χ3v) is 4.29. The first-order valence-corrected chi connectivity index (χ1v) is 7.92. The van der Waals surface area contributed by atoms with Crippen LogP contribution in [0.5, 0.6) is 0 Å². The molecule has 6 heteroatoms. The summed E-state index contributed by atoms with van der Waals surface area (Å²) in [7, 11) is 0. The van der Waals surface area contributed by atoms with Gasteiger partial charge in [-0.2, -0.15) is 0 Å². The molecule has 1 aliphatic rings. The minimum Gasteiger partial charge on any atom is -0.360 e. The zero-order chi connectivity index (χ0) is 16.2. The molecule has 6 nitrogen and oxygen atoms in total. The fraction of sp³-hybridized carbons (Fsp3) is 0.412. The Morgan fingerprint density at radius 2 is 1.91 bits per heavy atom. The van der Waals surface area contributed by atoms with Gasteiger partial charge >= 0.3 is 6.03 Å². The molecule has 2 heterocycles. The molecular formula is C17H22N4O2. The predicted molar refractivity (Wildman–Crippen MR) is 88.3 cm³/mol. The summed E-state index contributed by atoms with van der Waals surface area (Å²) in [5, 5.41) is 6.56. The summed E-state index contributed by atoms with van der Waals surface area (Å²) in [4.78, 5) is 16.5. The maximum absolute atomic E-state index is 12.2. The summed E-state index contributed by atoms with van der Waals surface area (Å²) in [5.74, 6) is 1.15. The van der Waals surface area contributed by atoms with E-state index in [1.165, 1.54) is 5.56 Å². The molecule has 23 heavy (non-hydrogen) atoms. The number of hydrogen-bond acceptors (Lipinski definition) is 4. The maximum atomic E-state index is 12.2. The van der Waals surface area contributed by atoms with Gasteiger partial charge in [-0.05, 0) is 19.4 Å². The van der Waals surface area contributed by atoms with E-state index < -0.39 is 0 Å². The normalized spacial score (nSPS) is 17.0. The van der Waals surface area contributed by atoms with Crippen molar-refractivity contribution in [2.75, 3.05) is 31.5 Å². The molecule has 0 bridgehead atoms. The van der Waals surface area contributed by atoms with Crippen LogP contribution >= 0.6 is 0 Å². The Balaban J connectivity index is 1.53. The molecule has 2 aromatic rings. The van der Waals surface area contributed by atoms with Crippen LogP contribution in [0.25, 0.3) is 0 Å². The summed E-state index contributed by atoms with van der Waals surface area (Å²) < 4.78 is 4.96. The Morgan fingerprint density at radius 1 is 1.22 bits per heavy atom. The fourth-order valence-electron chi connectivity index (χ4n) is 2.87. The van der Waals surface area contributed by atoms with Crippen molar-refractivity contribution in [1.29, 1.82) is 0 Å². The highest BCUT2D eigenvalue weighted by atomic mass is 16.5. The predicted octanol–water partition coefficient (Wildman–Crippen LogP) is 2.89. The van der Waals surface area contributed by atoms with Crippen molar-refractivity contribution in [2.45, 2.75) is 19.9 Å². The number of aryl methyl sites for hydroxylation is 1. The Hall–Kier alpha value is -2.34. The molecule has 1 aromatic carbocycles. The molecule has 1 atom stereocenters. The standard InChI is InChI=1S/C17H22N4O2/c1-13-12-16(19-23-13)18-17(22)21-10-8-20(9-11-21)14(2)15-6-4-3-5-7-15/h3-7,12,14H,8-11H2,1-2H3,(H,18,19,22). The lowest BCUT2D eigenvalue weighted by Crippen LogP contribution is -2.50. The number of aromatic nitrogens is 1. The summed E-state index contributed by atoms with van der Waals surface area (Å²) in [6, 6.07) is 12.4. The van der Waals surface area contributed by atoms with Crippen molar-refractivity contribution < 1.29 is 9.32 Å². The average molecular weight is 314 g/mol. The number of benzene rings is 1. The minimum atomic E-state index is -0.120. The van der Waals surface area contributed by atoms with E-state index in [2.05, 4.69) is 46.6 Å². The van der Waals surface area contributed by atoms with E-state index in [1.807, 2.05) is 11.0 Å². The monoisotopic (exact) mass is 314 g/mol. The zero-order valence-corrected chi connectivity index (χ0v) is 13.5. The number of rotatable bonds is 3. The smallest absolute Gasteiger partial charge is 0.323 e. The first-order valence-electron chi connectivity index (χ1n) is 7.92. The van der Waals surface area contributed by atoms with E-state index in [1.54, 1.807) is 13.0 Å². The quantitative estimate of drug-likeness (QED) is 0.946. The molecule has 122 valence electrons. The van der Waals surface area contributed by atoms with E-state index in [0.29, 0.717) is 30.7 Å². The van der Waals surface area contributed by atoms with Crippen LogP contribution in [0.4, 0.5) is 10.6 Å².